The summed E-state index contributed by atoms with van der Waals surface area (Å²) in [5.41, 5.74) is 6.28. The number of carbonyl (C=O) groups excluding carboxylic acids is 1. The predicted molar refractivity (Wildman–Crippen MR) is 137 cm³/mol. The van der Waals surface area contributed by atoms with Gasteiger partial charge in [0.05, 0.1) is 15.9 Å². The van der Waals surface area contributed by atoms with Crippen LogP contribution in [-0.4, -0.2) is 32.3 Å². The second-order valence-electron chi connectivity index (χ2n) is 7.68. The number of carboxylic acids is 1. The van der Waals surface area contributed by atoms with E-state index in [2.05, 4.69) is 16.7 Å². The maximum absolute atomic E-state index is 11.3. The summed E-state index contributed by atoms with van der Waals surface area (Å²) in [4.78, 5) is 23.7. The van der Waals surface area contributed by atoms with Crippen molar-refractivity contribution in [3.8, 4) is 0 Å². The average molecular weight is 497 g/mol. The van der Waals surface area contributed by atoms with Crippen molar-refractivity contribution in [3.63, 3.8) is 0 Å². The summed E-state index contributed by atoms with van der Waals surface area (Å²) in [6.07, 6.45) is 1.51. The molecule has 0 amide bonds. The van der Waals surface area contributed by atoms with Crippen molar-refractivity contribution in [1.82, 2.24) is 0 Å². The minimum absolute atomic E-state index is 0. The largest absolute Gasteiger partial charge is 1.00 e. The van der Waals surface area contributed by atoms with Crippen LogP contribution in [0.2, 0.25) is 0 Å². The van der Waals surface area contributed by atoms with Crippen molar-refractivity contribution in [2.24, 2.45) is 0 Å². The minimum atomic E-state index is -0.802. The molecule has 2 aliphatic heterocycles. The first-order chi connectivity index (χ1) is 14.2. The Kier molecular flexibility index (Phi) is 12.6. The molecule has 0 fully saturated rings. The van der Waals surface area contributed by atoms with Crippen molar-refractivity contribution >= 4 is 57.5 Å². The summed E-state index contributed by atoms with van der Waals surface area (Å²) >= 11 is 10.2. The number of hydrogen-bond acceptors (Lipinski definition) is 5. The van der Waals surface area contributed by atoms with E-state index in [-0.39, 0.29) is 54.2 Å². The Labute approximate surface area is 228 Å². The quantitative estimate of drug-likeness (QED) is 0.437. The summed E-state index contributed by atoms with van der Waals surface area (Å²) in [7, 11) is 0. The molecule has 2 unspecified atom stereocenters. The first kappa shape index (κ1) is 31.3. The number of thiocarbonyl (C=S) groups is 2. The normalized spacial score (nSPS) is 14.3. The number of aliphatic carboxylic acids is 1. The van der Waals surface area contributed by atoms with E-state index in [1.165, 1.54) is 5.56 Å². The van der Waals surface area contributed by atoms with Gasteiger partial charge in [0.25, 0.3) is 0 Å². The smallest absolute Gasteiger partial charge is 0.870 e. The Morgan fingerprint density at radius 1 is 0.879 bits per heavy atom. The molecule has 0 radical (unpaired) electrons. The summed E-state index contributed by atoms with van der Waals surface area (Å²) < 4.78 is 0. The van der Waals surface area contributed by atoms with E-state index >= 15 is 0 Å². The zero-order chi connectivity index (χ0) is 22.0. The number of anilines is 2. The van der Waals surface area contributed by atoms with Crippen LogP contribution in [0.3, 0.4) is 0 Å². The molecule has 6 nitrogen and oxygen atoms in total. The molecule has 2 aromatic rings. The fraction of sp³-hybridized carbons (Fsp3) is 0.333. The SMILES string of the molecule is C.CC(=O)C(C)c1ccc2c(c1)CC(=S)N2.CC(C(=O)O)c1ccc2c(c1)CC(=S)N2.[Na+].[OH-]. The molecule has 0 spiro atoms. The number of ketones is 1. The third-order valence-corrected chi connectivity index (χ3v) is 5.98. The molecule has 0 bridgehead atoms. The summed E-state index contributed by atoms with van der Waals surface area (Å²) in [6, 6.07) is 11.7. The van der Waals surface area contributed by atoms with Crippen LogP contribution in [0.4, 0.5) is 11.4 Å². The molecule has 2 heterocycles. The number of carbonyl (C=O) groups is 2. The van der Waals surface area contributed by atoms with Crippen LogP contribution >= 0.6 is 24.4 Å². The number of fused-ring (bicyclic) bond motifs is 2. The van der Waals surface area contributed by atoms with Crippen LogP contribution in [0.15, 0.2) is 36.4 Å². The van der Waals surface area contributed by atoms with Crippen LogP contribution < -0.4 is 40.2 Å². The molecule has 0 saturated carbocycles. The molecular weight excluding hydrogens is 467 g/mol. The number of rotatable bonds is 4. The predicted octanol–water partition coefficient (Wildman–Crippen LogP) is 2.31. The van der Waals surface area contributed by atoms with Gasteiger partial charge in [-0.2, -0.15) is 0 Å². The van der Waals surface area contributed by atoms with E-state index in [0.717, 1.165) is 44.5 Å². The third-order valence-electron chi connectivity index (χ3n) is 5.49. The number of benzene rings is 2. The van der Waals surface area contributed by atoms with Crippen LogP contribution in [-0.2, 0) is 22.4 Å². The van der Waals surface area contributed by atoms with Gasteiger partial charge < -0.3 is 21.2 Å². The summed E-state index contributed by atoms with van der Waals surface area (Å²) in [6.45, 7) is 5.25. The fourth-order valence-electron chi connectivity index (χ4n) is 3.41. The molecule has 2 aromatic carbocycles. The van der Waals surface area contributed by atoms with Gasteiger partial charge in [-0.15, -0.1) is 0 Å². The van der Waals surface area contributed by atoms with Crippen molar-refractivity contribution in [2.45, 2.75) is 52.9 Å². The number of carboxylic acid groups (broad SMARTS) is 1. The van der Waals surface area contributed by atoms with Crippen LogP contribution in [0.25, 0.3) is 0 Å². The zero-order valence-corrected chi connectivity index (χ0v) is 22.2. The molecule has 0 aliphatic carbocycles. The van der Waals surface area contributed by atoms with Gasteiger partial charge in [-0.1, -0.05) is 63.1 Å². The molecule has 2 aliphatic rings. The average Bonchev–Trinajstić information content (AvgIpc) is 3.25. The maximum Gasteiger partial charge on any atom is 1.00 e. The fourth-order valence-corrected chi connectivity index (χ4v) is 3.95. The van der Waals surface area contributed by atoms with Gasteiger partial charge in [0, 0.05) is 30.1 Å². The molecule has 33 heavy (non-hydrogen) atoms. The monoisotopic (exact) mass is 496 g/mol. The summed E-state index contributed by atoms with van der Waals surface area (Å²) in [5, 5.41) is 15.1. The van der Waals surface area contributed by atoms with Gasteiger partial charge in [-0.05, 0) is 48.2 Å². The Balaban J connectivity index is 0.000000569. The Hall–Kier alpha value is -1.68. The van der Waals surface area contributed by atoms with Gasteiger partial charge >= 0.3 is 35.5 Å². The molecule has 0 saturated heterocycles. The summed E-state index contributed by atoms with van der Waals surface area (Å²) in [5.74, 6) is -1.10. The van der Waals surface area contributed by atoms with E-state index in [9.17, 15) is 9.59 Å². The number of nitrogens with one attached hydrogen (secondary N) is 2. The Morgan fingerprint density at radius 3 is 1.64 bits per heavy atom. The van der Waals surface area contributed by atoms with Crippen molar-refractivity contribution < 1.29 is 49.7 Å². The number of hydrogen-bond donors (Lipinski definition) is 3. The minimum Gasteiger partial charge on any atom is -0.870 e. The van der Waals surface area contributed by atoms with Crippen molar-refractivity contribution in [3.05, 3.63) is 58.7 Å². The first-order valence-electron chi connectivity index (χ1n) is 9.74. The van der Waals surface area contributed by atoms with Crippen LogP contribution in [0.1, 0.15) is 62.3 Å². The van der Waals surface area contributed by atoms with Crippen LogP contribution in [0.5, 0.6) is 0 Å². The van der Waals surface area contributed by atoms with Gasteiger partial charge in [-0.3, -0.25) is 9.59 Å². The van der Waals surface area contributed by atoms with E-state index in [0.29, 0.717) is 6.42 Å². The molecule has 0 aromatic heterocycles. The molecule has 172 valence electrons. The van der Waals surface area contributed by atoms with Gasteiger partial charge in [-0.25, -0.2) is 0 Å². The van der Waals surface area contributed by atoms with Gasteiger partial charge in [0.15, 0.2) is 0 Å². The van der Waals surface area contributed by atoms with E-state index in [4.69, 9.17) is 29.5 Å². The van der Waals surface area contributed by atoms with E-state index < -0.39 is 11.9 Å². The second kappa shape index (κ2) is 13.3. The van der Waals surface area contributed by atoms with Gasteiger partial charge in [0.2, 0.25) is 0 Å². The van der Waals surface area contributed by atoms with Crippen molar-refractivity contribution in [1.29, 1.82) is 0 Å². The first-order valence-corrected chi connectivity index (χ1v) is 10.6. The maximum atomic E-state index is 11.3. The number of Topliss-reactive ketones (excluding diaryl/α,β-unsaturated/α-hetero) is 1. The van der Waals surface area contributed by atoms with Crippen molar-refractivity contribution in [2.75, 3.05) is 10.6 Å². The molecule has 4 rings (SSSR count). The topological polar surface area (TPSA) is 108 Å². The molecule has 9 heteroatoms. The Morgan fingerprint density at radius 2 is 1.27 bits per heavy atom. The Bertz CT molecular complexity index is 975. The van der Waals surface area contributed by atoms with Gasteiger partial charge in [0.1, 0.15) is 5.78 Å². The zero-order valence-electron chi connectivity index (χ0n) is 18.6. The molecule has 2 atom stereocenters. The third kappa shape index (κ3) is 7.67. The standard InChI is InChI=1S/C12H13NOS.C11H11NO2S.CH4.Na.H2O/c1-7(8(2)14)9-3-4-11-10(5-9)6-12(15)13-11;1-6(11(13)14)7-2-3-9-8(4-7)5-10(15)12-9;;;/h3-5,7H,6H2,1-2H3,(H,13,15);2-4,6H,5H2,1H3,(H,12,15)(H,13,14);1H4;;1H2/q;;;+1;/p-1. The van der Waals surface area contributed by atoms with E-state index in [1.807, 2.05) is 37.3 Å². The second-order valence-corrected chi connectivity index (χ2v) is 8.66. The molecular formula is C24H29N2NaO4S2. The van der Waals surface area contributed by atoms with E-state index in [1.54, 1.807) is 13.8 Å². The molecule has 4 N–H and O–H groups in total. The van der Waals surface area contributed by atoms with Crippen LogP contribution in [0, 0.1) is 0 Å².